The van der Waals surface area contributed by atoms with E-state index < -0.39 is 49.3 Å². The standard InChI is InChI=1S/C29H26N4O16/c1-40-26(36)46-18-9-5-16(13-20(18)48-28(38)42-3)7-11-23(34)44-15-22(25-30-32-33-31-25)45-24(35)12-8-17-6-10-19(47-27(37)41-2)21(14-17)49-29(39)43-4/h5-14,22H,15H2,1-4H3,(H,30,31,32,33)/b11-7+,12-8+. The molecule has 0 spiro atoms. The first-order valence-corrected chi connectivity index (χ1v) is 13.3. The van der Waals surface area contributed by atoms with Crippen LogP contribution in [-0.2, 0) is 38.0 Å². The fourth-order valence-electron chi connectivity index (χ4n) is 3.29. The van der Waals surface area contributed by atoms with E-state index in [0.717, 1.165) is 40.6 Å². The highest BCUT2D eigenvalue weighted by Gasteiger charge is 2.23. The summed E-state index contributed by atoms with van der Waals surface area (Å²) < 4.78 is 48.1. The molecule has 0 amide bonds. The van der Waals surface area contributed by atoms with Gasteiger partial charge in [0, 0.05) is 12.2 Å². The zero-order valence-electron chi connectivity index (χ0n) is 25.9. The average Bonchev–Trinajstić information content (AvgIpc) is 3.65. The van der Waals surface area contributed by atoms with Crippen LogP contribution in [0.5, 0.6) is 23.0 Å². The summed E-state index contributed by atoms with van der Waals surface area (Å²) in [5, 5.41) is 13.1. The highest BCUT2D eigenvalue weighted by atomic mass is 16.8. The Balaban J connectivity index is 1.68. The number of methoxy groups -OCH3 is 4. The molecule has 0 bridgehead atoms. The van der Waals surface area contributed by atoms with Crippen LogP contribution in [-0.4, -0.2) is 92.2 Å². The van der Waals surface area contributed by atoms with Crippen molar-refractivity contribution >= 4 is 48.7 Å². The van der Waals surface area contributed by atoms with E-state index in [1.165, 1.54) is 48.6 Å². The summed E-state index contributed by atoms with van der Waals surface area (Å²) in [6.07, 6.45) is -1.11. The van der Waals surface area contributed by atoms with Crippen molar-refractivity contribution in [3.8, 4) is 23.0 Å². The Morgan fingerprint density at radius 1 is 0.653 bits per heavy atom. The maximum absolute atomic E-state index is 12.7. The van der Waals surface area contributed by atoms with E-state index in [4.69, 9.17) is 28.4 Å². The van der Waals surface area contributed by atoms with Crippen LogP contribution in [0.1, 0.15) is 23.1 Å². The zero-order chi connectivity index (χ0) is 35.8. The molecule has 1 N–H and O–H groups in total. The third-order valence-electron chi connectivity index (χ3n) is 5.48. The molecule has 0 radical (unpaired) electrons. The van der Waals surface area contributed by atoms with Crippen molar-refractivity contribution in [2.45, 2.75) is 6.10 Å². The Bertz CT molecular complexity index is 1720. The number of rotatable bonds is 12. The first-order chi connectivity index (χ1) is 23.5. The molecule has 0 saturated carbocycles. The van der Waals surface area contributed by atoms with Gasteiger partial charge in [0.2, 0.25) is 5.82 Å². The summed E-state index contributed by atoms with van der Waals surface area (Å²) in [6, 6.07) is 7.91. The van der Waals surface area contributed by atoms with Crippen molar-refractivity contribution in [1.82, 2.24) is 20.6 Å². The van der Waals surface area contributed by atoms with Gasteiger partial charge in [-0.15, -0.1) is 10.2 Å². The second-order valence-electron chi connectivity index (χ2n) is 8.63. The van der Waals surface area contributed by atoms with Crippen molar-refractivity contribution in [2.75, 3.05) is 35.0 Å². The predicted octanol–water partition coefficient (Wildman–Crippen LogP) is 3.33. The minimum absolute atomic E-state index is 0.123. The lowest BCUT2D eigenvalue weighted by atomic mass is 10.2. The highest BCUT2D eigenvalue weighted by molar-refractivity contribution is 5.88. The maximum atomic E-state index is 12.7. The number of H-pyrrole nitrogens is 1. The van der Waals surface area contributed by atoms with Crippen molar-refractivity contribution in [2.24, 2.45) is 0 Å². The number of nitrogens with zero attached hydrogens (tertiary/aromatic N) is 3. The maximum Gasteiger partial charge on any atom is 0.513 e. The topological polar surface area (TPSA) is 249 Å². The van der Waals surface area contributed by atoms with E-state index in [1.807, 2.05) is 0 Å². The van der Waals surface area contributed by atoms with Gasteiger partial charge in [-0.2, -0.15) is 5.21 Å². The summed E-state index contributed by atoms with van der Waals surface area (Å²) >= 11 is 0. The van der Waals surface area contributed by atoms with E-state index in [-0.39, 0.29) is 28.8 Å². The molecule has 2 aromatic carbocycles. The van der Waals surface area contributed by atoms with Crippen LogP contribution in [0.4, 0.5) is 19.2 Å². The number of aromatic amines is 1. The number of aromatic nitrogens is 4. The van der Waals surface area contributed by atoms with Crippen LogP contribution >= 0.6 is 0 Å². The van der Waals surface area contributed by atoms with E-state index in [9.17, 15) is 28.8 Å². The first kappa shape index (κ1) is 36.5. The molecule has 49 heavy (non-hydrogen) atoms. The van der Waals surface area contributed by atoms with Gasteiger partial charge in [0.25, 0.3) is 0 Å². The van der Waals surface area contributed by atoms with Gasteiger partial charge in [-0.05, 0) is 47.5 Å². The van der Waals surface area contributed by atoms with Crippen LogP contribution < -0.4 is 18.9 Å². The SMILES string of the molecule is COC(=O)Oc1ccc(/C=C/C(=O)OCC(OC(=O)/C=C/c2ccc(OC(=O)OC)c(OC(=O)OC)c2)c2nn[nH]n2)cc1OC(=O)OC. The van der Waals surface area contributed by atoms with Gasteiger partial charge in [0.1, 0.15) is 6.61 Å². The van der Waals surface area contributed by atoms with Crippen LogP contribution in [0, 0.1) is 0 Å². The second kappa shape index (κ2) is 18.2. The van der Waals surface area contributed by atoms with Crippen LogP contribution in [0.25, 0.3) is 12.2 Å². The molecule has 20 heteroatoms. The summed E-state index contributed by atoms with van der Waals surface area (Å²) in [4.78, 5) is 71.4. The number of hydrogen-bond donors (Lipinski definition) is 1. The van der Waals surface area contributed by atoms with E-state index in [2.05, 4.69) is 39.6 Å². The summed E-state index contributed by atoms with van der Waals surface area (Å²) in [7, 11) is 4.31. The van der Waals surface area contributed by atoms with Crippen LogP contribution in [0.3, 0.4) is 0 Å². The smallest absolute Gasteiger partial charge is 0.458 e. The fraction of sp³-hybridized carbons (Fsp3) is 0.207. The third-order valence-corrected chi connectivity index (χ3v) is 5.48. The van der Waals surface area contributed by atoms with Gasteiger partial charge in [-0.1, -0.05) is 17.3 Å². The van der Waals surface area contributed by atoms with E-state index in [0.29, 0.717) is 11.1 Å². The summed E-state index contributed by atoms with van der Waals surface area (Å²) in [6.45, 7) is -0.540. The quantitative estimate of drug-likeness (QED) is 0.124. The molecule has 3 rings (SSSR count). The number of benzene rings is 2. The molecule has 1 aromatic heterocycles. The normalized spacial score (nSPS) is 11.2. The molecule has 0 saturated heterocycles. The number of esters is 2. The Hall–Kier alpha value is -6.99. The molecule has 0 aliphatic heterocycles. The molecular formula is C29H26N4O16. The Morgan fingerprint density at radius 2 is 1.10 bits per heavy atom. The van der Waals surface area contributed by atoms with Gasteiger partial charge >= 0.3 is 36.6 Å². The predicted molar refractivity (Wildman–Crippen MR) is 157 cm³/mol. The molecule has 0 aliphatic rings. The van der Waals surface area contributed by atoms with Crippen molar-refractivity contribution in [3.05, 3.63) is 65.5 Å². The highest BCUT2D eigenvalue weighted by Crippen LogP contribution is 2.31. The number of ether oxygens (including phenoxy) is 10. The lowest BCUT2D eigenvalue weighted by Crippen LogP contribution is -2.18. The molecular weight excluding hydrogens is 660 g/mol. The zero-order valence-corrected chi connectivity index (χ0v) is 25.9. The van der Waals surface area contributed by atoms with Gasteiger partial charge in [-0.3, -0.25) is 0 Å². The van der Waals surface area contributed by atoms with Crippen molar-refractivity contribution < 1.29 is 76.1 Å². The van der Waals surface area contributed by atoms with Crippen LogP contribution in [0.2, 0.25) is 0 Å². The van der Waals surface area contributed by atoms with E-state index in [1.54, 1.807) is 0 Å². The van der Waals surface area contributed by atoms with Gasteiger partial charge in [0.15, 0.2) is 29.1 Å². The van der Waals surface area contributed by atoms with E-state index >= 15 is 0 Å². The molecule has 0 aliphatic carbocycles. The summed E-state index contributed by atoms with van der Waals surface area (Å²) in [5.41, 5.74) is 0.607. The number of tetrazole rings is 1. The fourth-order valence-corrected chi connectivity index (χ4v) is 3.29. The number of carbonyl (C=O) groups excluding carboxylic acids is 6. The molecule has 0 fully saturated rings. The van der Waals surface area contributed by atoms with Crippen LogP contribution in [0.15, 0.2) is 48.6 Å². The molecule has 258 valence electrons. The Kier molecular flexibility index (Phi) is 13.6. The minimum Gasteiger partial charge on any atom is -0.458 e. The molecule has 3 aromatic rings. The monoisotopic (exact) mass is 686 g/mol. The minimum atomic E-state index is -1.31. The third kappa shape index (κ3) is 11.7. The lowest BCUT2D eigenvalue weighted by Gasteiger charge is -2.13. The number of hydrogen-bond acceptors (Lipinski definition) is 19. The largest absolute Gasteiger partial charge is 0.513 e. The molecule has 1 atom stereocenters. The lowest BCUT2D eigenvalue weighted by molar-refractivity contribution is -0.153. The molecule has 1 unspecified atom stereocenters. The number of nitrogens with one attached hydrogen (secondary N) is 1. The Labute approximate surface area is 275 Å². The van der Waals surface area contributed by atoms with Gasteiger partial charge in [-0.25, -0.2) is 28.8 Å². The number of carbonyl (C=O) groups is 6. The molecule has 1 heterocycles. The van der Waals surface area contributed by atoms with Gasteiger partial charge < -0.3 is 47.4 Å². The summed E-state index contributed by atoms with van der Waals surface area (Å²) in [5.74, 6) is -2.74. The Morgan fingerprint density at radius 3 is 1.53 bits per heavy atom. The van der Waals surface area contributed by atoms with Crippen molar-refractivity contribution in [3.63, 3.8) is 0 Å². The van der Waals surface area contributed by atoms with Crippen molar-refractivity contribution in [1.29, 1.82) is 0 Å². The average molecular weight is 687 g/mol. The second-order valence-corrected chi connectivity index (χ2v) is 8.63. The van der Waals surface area contributed by atoms with Gasteiger partial charge in [0.05, 0.1) is 28.4 Å². The first-order valence-electron chi connectivity index (χ1n) is 13.3. The molecule has 20 nitrogen and oxygen atoms in total.